The van der Waals surface area contributed by atoms with E-state index in [1.54, 1.807) is 6.07 Å². The zero-order chi connectivity index (χ0) is 11.1. The summed E-state index contributed by atoms with van der Waals surface area (Å²) in [6.07, 6.45) is 5.77. The number of carbonyl (C=O) groups excluding carboxylic acids is 1. The van der Waals surface area contributed by atoms with Crippen LogP contribution in [0.2, 0.25) is 0 Å². The zero-order valence-electron chi connectivity index (χ0n) is 8.39. The van der Waals surface area contributed by atoms with E-state index in [0.29, 0.717) is 5.56 Å². The summed E-state index contributed by atoms with van der Waals surface area (Å²) < 4.78 is 5.42. The van der Waals surface area contributed by atoms with Gasteiger partial charge in [-0.25, -0.2) is 4.79 Å². The summed E-state index contributed by atoms with van der Waals surface area (Å²) in [4.78, 5) is 11.9. The maximum Gasteiger partial charge on any atom is 0.339 e. The Kier molecular flexibility index (Phi) is 2.21. The molecule has 2 atom stereocenters. The summed E-state index contributed by atoms with van der Waals surface area (Å²) in [5.74, 6) is -0.238. The molecular formula is C13H9BrO2. The molecule has 1 aromatic rings. The molecule has 0 bridgehead atoms. The second-order valence-electron chi connectivity index (χ2n) is 3.82. The zero-order valence-corrected chi connectivity index (χ0v) is 9.98. The number of benzene rings is 1. The van der Waals surface area contributed by atoms with Crippen LogP contribution in [0.5, 0.6) is 0 Å². The van der Waals surface area contributed by atoms with Gasteiger partial charge in [-0.3, -0.25) is 0 Å². The number of rotatable bonds is 0. The van der Waals surface area contributed by atoms with Gasteiger partial charge in [-0.2, -0.15) is 0 Å². The fourth-order valence-corrected chi connectivity index (χ4v) is 2.66. The van der Waals surface area contributed by atoms with Crippen LogP contribution in [-0.2, 0) is 4.74 Å². The van der Waals surface area contributed by atoms with Gasteiger partial charge in [-0.05, 0) is 11.6 Å². The Bertz CT molecular complexity index is 516. The van der Waals surface area contributed by atoms with Gasteiger partial charge in [0.25, 0.3) is 0 Å². The molecule has 16 heavy (non-hydrogen) atoms. The van der Waals surface area contributed by atoms with Gasteiger partial charge < -0.3 is 4.74 Å². The summed E-state index contributed by atoms with van der Waals surface area (Å²) in [6.45, 7) is 0. The lowest BCUT2D eigenvalue weighted by atomic mass is 9.89. The fourth-order valence-electron chi connectivity index (χ4n) is 2.10. The van der Waals surface area contributed by atoms with Gasteiger partial charge in [0.15, 0.2) is 0 Å². The molecule has 1 aliphatic carbocycles. The third-order valence-corrected chi connectivity index (χ3v) is 3.64. The van der Waals surface area contributed by atoms with Crippen LogP contribution in [-0.4, -0.2) is 16.9 Å². The first-order valence-corrected chi connectivity index (χ1v) is 6.02. The average molecular weight is 277 g/mol. The Morgan fingerprint density at radius 3 is 2.75 bits per heavy atom. The third-order valence-electron chi connectivity index (χ3n) is 2.86. The number of esters is 1. The van der Waals surface area contributed by atoms with E-state index in [0.717, 1.165) is 11.1 Å². The van der Waals surface area contributed by atoms with Gasteiger partial charge in [0.05, 0.1) is 10.4 Å². The standard InChI is InChI=1S/C13H9BrO2/c14-11-7-3-6-9-8-4-1-2-5-10(8)13(15)16-12(9)11/h1-7,11-12H. The van der Waals surface area contributed by atoms with Crippen molar-refractivity contribution in [3.63, 3.8) is 0 Å². The van der Waals surface area contributed by atoms with Crippen molar-refractivity contribution in [2.24, 2.45) is 0 Å². The Hall–Kier alpha value is -1.35. The quantitative estimate of drug-likeness (QED) is 0.538. The van der Waals surface area contributed by atoms with Crippen LogP contribution >= 0.6 is 15.9 Å². The van der Waals surface area contributed by atoms with E-state index in [1.165, 1.54) is 0 Å². The predicted molar refractivity (Wildman–Crippen MR) is 65.5 cm³/mol. The van der Waals surface area contributed by atoms with Crippen LogP contribution in [0.1, 0.15) is 15.9 Å². The highest BCUT2D eigenvalue weighted by Crippen LogP contribution is 2.36. The van der Waals surface area contributed by atoms with Crippen molar-refractivity contribution in [3.05, 3.63) is 53.6 Å². The molecule has 0 fully saturated rings. The number of fused-ring (bicyclic) bond motifs is 3. The highest BCUT2D eigenvalue weighted by Gasteiger charge is 2.34. The molecule has 0 saturated carbocycles. The summed E-state index contributed by atoms with van der Waals surface area (Å²) in [5, 5.41) is 0. The van der Waals surface area contributed by atoms with E-state index in [-0.39, 0.29) is 16.9 Å². The van der Waals surface area contributed by atoms with E-state index < -0.39 is 0 Å². The van der Waals surface area contributed by atoms with E-state index >= 15 is 0 Å². The first kappa shape index (κ1) is 9.85. The van der Waals surface area contributed by atoms with Crippen LogP contribution < -0.4 is 0 Å². The molecular weight excluding hydrogens is 268 g/mol. The minimum Gasteiger partial charge on any atom is -0.452 e. The number of hydrogen-bond acceptors (Lipinski definition) is 2. The summed E-state index contributed by atoms with van der Waals surface area (Å²) >= 11 is 3.50. The monoisotopic (exact) mass is 276 g/mol. The molecule has 0 aromatic heterocycles. The Morgan fingerprint density at radius 2 is 1.94 bits per heavy atom. The highest BCUT2D eigenvalue weighted by molar-refractivity contribution is 9.09. The minimum atomic E-state index is -0.238. The lowest BCUT2D eigenvalue weighted by molar-refractivity contribution is 0.0404. The van der Waals surface area contributed by atoms with E-state index in [4.69, 9.17) is 4.74 Å². The predicted octanol–water partition coefficient (Wildman–Crippen LogP) is 2.94. The van der Waals surface area contributed by atoms with Crippen LogP contribution in [0.15, 0.2) is 42.5 Å². The van der Waals surface area contributed by atoms with Gasteiger partial charge in [-0.15, -0.1) is 0 Å². The topological polar surface area (TPSA) is 26.3 Å². The second kappa shape index (κ2) is 3.59. The van der Waals surface area contributed by atoms with Crippen molar-refractivity contribution in [2.75, 3.05) is 0 Å². The minimum absolute atomic E-state index is 0.0600. The lowest BCUT2D eigenvalue weighted by Gasteiger charge is -2.31. The van der Waals surface area contributed by atoms with Gasteiger partial charge >= 0.3 is 5.97 Å². The largest absolute Gasteiger partial charge is 0.452 e. The molecule has 0 spiro atoms. The summed E-state index contributed by atoms with van der Waals surface area (Å²) in [6, 6.07) is 7.56. The second-order valence-corrected chi connectivity index (χ2v) is 4.88. The third kappa shape index (κ3) is 1.35. The molecule has 3 rings (SSSR count). The van der Waals surface area contributed by atoms with Gasteiger partial charge in [-0.1, -0.05) is 52.4 Å². The molecule has 0 saturated heterocycles. The number of hydrogen-bond donors (Lipinski definition) is 0. The molecule has 0 radical (unpaired) electrons. The smallest absolute Gasteiger partial charge is 0.339 e. The lowest BCUT2D eigenvalue weighted by Crippen LogP contribution is -2.33. The molecule has 1 heterocycles. The van der Waals surface area contributed by atoms with Crippen molar-refractivity contribution < 1.29 is 9.53 Å². The molecule has 0 amide bonds. The molecule has 2 aliphatic rings. The van der Waals surface area contributed by atoms with Crippen molar-refractivity contribution in [2.45, 2.75) is 10.9 Å². The molecule has 80 valence electrons. The van der Waals surface area contributed by atoms with Crippen LogP contribution in [0, 0.1) is 0 Å². The summed E-state index contributed by atoms with van der Waals surface area (Å²) in [5.41, 5.74) is 2.71. The number of alkyl halides is 1. The Labute approximate surface area is 102 Å². The molecule has 2 unspecified atom stereocenters. The Morgan fingerprint density at radius 1 is 1.19 bits per heavy atom. The average Bonchev–Trinajstić information content (AvgIpc) is 2.31. The molecule has 1 aliphatic heterocycles. The number of ether oxygens (including phenoxy) is 1. The van der Waals surface area contributed by atoms with Crippen molar-refractivity contribution in [3.8, 4) is 0 Å². The molecule has 3 heteroatoms. The van der Waals surface area contributed by atoms with E-state index in [9.17, 15) is 4.79 Å². The number of allylic oxidation sites excluding steroid dienone is 2. The SMILES string of the molecule is O=C1OC2C(=CC=CC2Br)c2ccccc21. The van der Waals surface area contributed by atoms with E-state index in [1.807, 2.05) is 36.4 Å². The van der Waals surface area contributed by atoms with Crippen molar-refractivity contribution in [1.82, 2.24) is 0 Å². The molecule has 2 nitrogen and oxygen atoms in total. The van der Waals surface area contributed by atoms with Crippen molar-refractivity contribution in [1.29, 1.82) is 0 Å². The highest BCUT2D eigenvalue weighted by atomic mass is 79.9. The van der Waals surface area contributed by atoms with Gasteiger partial charge in [0.2, 0.25) is 0 Å². The summed E-state index contributed by atoms with van der Waals surface area (Å²) in [7, 11) is 0. The molecule has 1 aromatic carbocycles. The number of halogens is 1. The van der Waals surface area contributed by atoms with Gasteiger partial charge in [0.1, 0.15) is 6.10 Å². The van der Waals surface area contributed by atoms with Crippen molar-refractivity contribution >= 4 is 27.5 Å². The van der Waals surface area contributed by atoms with Crippen LogP contribution in [0.3, 0.4) is 0 Å². The maximum absolute atomic E-state index is 11.8. The molecule has 0 N–H and O–H groups in total. The normalized spacial score (nSPS) is 26.6. The van der Waals surface area contributed by atoms with Gasteiger partial charge in [0, 0.05) is 5.57 Å². The fraction of sp³-hybridized carbons (Fsp3) is 0.154. The van der Waals surface area contributed by atoms with Crippen LogP contribution in [0.25, 0.3) is 5.57 Å². The number of carbonyl (C=O) groups is 1. The first-order chi connectivity index (χ1) is 7.77. The Balaban J connectivity index is 2.20. The van der Waals surface area contributed by atoms with E-state index in [2.05, 4.69) is 15.9 Å². The maximum atomic E-state index is 11.8. The first-order valence-electron chi connectivity index (χ1n) is 5.10. The van der Waals surface area contributed by atoms with Crippen LogP contribution in [0.4, 0.5) is 0 Å².